The first-order valence-electron chi connectivity index (χ1n) is 8.04. The van der Waals surface area contributed by atoms with Crippen LogP contribution in [0.25, 0.3) is 11.0 Å². The summed E-state index contributed by atoms with van der Waals surface area (Å²) in [7, 11) is 1.23. The van der Waals surface area contributed by atoms with Crippen molar-refractivity contribution in [2.45, 2.75) is 20.3 Å². The third kappa shape index (κ3) is 3.44. The SMILES string of the molecule is COC(=O)c1ccc(F)c(NC(=O)Cc2coc3cc(C)c(C)cc23)c1. The monoisotopic (exact) mass is 355 g/mol. The summed E-state index contributed by atoms with van der Waals surface area (Å²) in [5, 5.41) is 3.35. The molecule has 0 atom stereocenters. The summed E-state index contributed by atoms with van der Waals surface area (Å²) in [6.45, 7) is 3.97. The molecular weight excluding hydrogens is 337 g/mol. The lowest BCUT2D eigenvalue weighted by atomic mass is 10.0. The number of halogens is 1. The van der Waals surface area contributed by atoms with Crippen LogP contribution in [-0.4, -0.2) is 19.0 Å². The Morgan fingerprint density at radius 1 is 1.15 bits per heavy atom. The maximum Gasteiger partial charge on any atom is 0.337 e. The lowest BCUT2D eigenvalue weighted by Gasteiger charge is -2.08. The molecule has 2 aromatic carbocycles. The van der Waals surface area contributed by atoms with Gasteiger partial charge >= 0.3 is 5.97 Å². The van der Waals surface area contributed by atoms with Crippen molar-refractivity contribution >= 4 is 28.5 Å². The highest BCUT2D eigenvalue weighted by Crippen LogP contribution is 2.25. The summed E-state index contributed by atoms with van der Waals surface area (Å²) in [4.78, 5) is 23.9. The van der Waals surface area contributed by atoms with Gasteiger partial charge in [0, 0.05) is 10.9 Å². The highest BCUT2D eigenvalue weighted by Gasteiger charge is 2.15. The number of aryl methyl sites for hydroxylation is 2. The molecule has 3 aromatic rings. The molecule has 0 aliphatic heterocycles. The molecule has 1 amide bonds. The molecule has 26 heavy (non-hydrogen) atoms. The quantitative estimate of drug-likeness (QED) is 0.714. The average molecular weight is 355 g/mol. The molecule has 6 heteroatoms. The second kappa shape index (κ2) is 7.00. The Morgan fingerprint density at radius 2 is 1.88 bits per heavy atom. The predicted octanol–water partition coefficient (Wildman–Crippen LogP) is 4.16. The van der Waals surface area contributed by atoms with E-state index < -0.39 is 17.7 Å². The van der Waals surface area contributed by atoms with Gasteiger partial charge in [-0.15, -0.1) is 0 Å². The first-order chi connectivity index (χ1) is 12.4. The number of amides is 1. The van der Waals surface area contributed by atoms with Crippen LogP contribution < -0.4 is 5.32 Å². The Morgan fingerprint density at radius 3 is 2.62 bits per heavy atom. The number of esters is 1. The minimum Gasteiger partial charge on any atom is -0.465 e. The Balaban J connectivity index is 1.82. The number of benzene rings is 2. The van der Waals surface area contributed by atoms with Crippen LogP contribution in [0.5, 0.6) is 0 Å². The highest BCUT2D eigenvalue weighted by atomic mass is 19.1. The molecule has 0 unspecified atom stereocenters. The lowest BCUT2D eigenvalue weighted by Crippen LogP contribution is -2.16. The molecule has 1 N–H and O–H groups in total. The third-order valence-corrected chi connectivity index (χ3v) is 4.28. The Kier molecular flexibility index (Phi) is 4.75. The van der Waals surface area contributed by atoms with Gasteiger partial charge in [0.05, 0.1) is 31.0 Å². The molecule has 0 fully saturated rings. The normalized spacial score (nSPS) is 10.8. The Labute approximate surface area is 149 Å². The largest absolute Gasteiger partial charge is 0.465 e. The maximum atomic E-state index is 13.9. The summed E-state index contributed by atoms with van der Waals surface area (Å²) in [6, 6.07) is 7.55. The zero-order valence-electron chi connectivity index (χ0n) is 14.7. The topological polar surface area (TPSA) is 68.5 Å². The maximum absolute atomic E-state index is 13.9. The van der Waals surface area contributed by atoms with Gasteiger partial charge in [0.25, 0.3) is 0 Å². The van der Waals surface area contributed by atoms with Crippen molar-refractivity contribution in [3.8, 4) is 0 Å². The van der Waals surface area contributed by atoms with Crippen molar-refractivity contribution in [2.24, 2.45) is 0 Å². The van der Waals surface area contributed by atoms with E-state index in [2.05, 4.69) is 10.1 Å². The number of furan rings is 1. The van der Waals surface area contributed by atoms with Crippen molar-refractivity contribution in [1.29, 1.82) is 0 Å². The molecule has 5 nitrogen and oxygen atoms in total. The van der Waals surface area contributed by atoms with Crippen molar-refractivity contribution < 1.29 is 23.1 Å². The number of fused-ring (bicyclic) bond motifs is 1. The van der Waals surface area contributed by atoms with Crippen molar-refractivity contribution in [3.63, 3.8) is 0 Å². The smallest absolute Gasteiger partial charge is 0.337 e. The number of carbonyl (C=O) groups is 2. The van der Waals surface area contributed by atoms with E-state index in [1.807, 2.05) is 26.0 Å². The molecule has 0 saturated heterocycles. The number of anilines is 1. The van der Waals surface area contributed by atoms with Gasteiger partial charge in [0.1, 0.15) is 11.4 Å². The fraction of sp³-hybridized carbons (Fsp3) is 0.200. The minimum atomic E-state index is -0.630. The first kappa shape index (κ1) is 17.7. The number of nitrogens with one attached hydrogen (secondary N) is 1. The lowest BCUT2D eigenvalue weighted by molar-refractivity contribution is -0.115. The van der Waals surface area contributed by atoms with E-state index in [0.717, 1.165) is 22.6 Å². The average Bonchev–Trinajstić information content (AvgIpc) is 2.98. The highest BCUT2D eigenvalue weighted by molar-refractivity contribution is 5.97. The number of ether oxygens (including phenoxy) is 1. The van der Waals surface area contributed by atoms with E-state index in [1.54, 1.807) is 0 Å². The van der Waals surface area contributed by atoms with E-state index in [1.165, 1.54) is 25.5 Å². The molecule has 0 spiro atoms. The van der Waals surface area contributed by atoms with Crippen molar-refractivity contribution in [3.05, 3.63) is 64.7 Å². The van der Waals surface area contributed by atoms with Gasteiger partial charge in [-0.05, 0) is 55.3 Å². The van der Waals surface area contributed by atoms with E-state index in [9.17, 15) is 14.0 Å². The van der Waals surface area contributed by atoms with Gasteiger partial charge in [0.2, 0.25) is 5.91 Å². The molecule has 0 bridgehead atoms. The van der Waals surface area contributed by atoms with Gasteiger partial charge < -0.3 is 14.5 Å². The second-order valence-corrected chi connectivity index (χ2v) is 6.10. The van der Waals surface area contributed by atoms with Crippen LogP contribution in [0.2, 0.25) is 0 Å². The molecule has 134 valence electrons. The summed E-state index contributed by atoms with van der Waals surface area (Å²) < 4.78 is 24.1. The van der Waals surface area contributed by atoms with Gasteiger partial charge in [-0.1, -0.05) is 0 Å². The van der Waals surface area contributed by atoms with Crippen molar-refractivity contribution in [1.82, 2.24) is 0 Å². The van der Waals surface area contributed by atoms with E-state index in [0.29, 0.717) is 11.1 Å². The van der Waals surface area contributed by atoms with Gasteiger partial charge in [-0.2, -0.15) is 0 Å². The third-order valence-electron chi connectivity index (χ3n) is 4.28. The molecule has 0 radical (unpaired) electrons. The zero-order valence-corrected chi connectivity index (χ0v) is 14.7. The molecule has 0 aliphatic rings. The fourth-order valence-corrected chi connectivity index (χ4v) is 2.71. The number of rotatable bonds is 4. The van der Waals surface area contributed by atoms with Gasteiger partial charge in [0.15, 0.2) is 0 Å². The molecule has 3 rings (SSSR count). The standard InChI is InChI=1S/C20H18FNO4/c1-11-6-15-14(10-26-18(15)7-12(11)2)9-19(23)22-17-8-13(20(24)25-3)4-5-16(17)21/h4-8,10H,9H2,1-3H3,(H,22,23). The second-order valence-electron chi connectivity index (χ2n) is 6.10. The van der Waals surface area contributed by atoms with Gasteiger partial charge in [-0.3, -0.25) is 4.79 Å². The van der Waals surface area contributed by atoms with Crippen LogP contribution >= 0.6 is 0 Å². The molecule has 1 heterocycles. The summed E-state index contributed by atoms with van der Waals surface area (Å²) >= 11 is 0. The Bertz CT molecular complexity index is 1010. The molecule has 1 aromatic heterocycles. The molecule has 0 saturated carbocycles. The molecule has 0 aliphatic carbocycles. The number of carbonyl (C=O) groups excluding carboxylic acids is 2. The number of methoxy groups -OCH3 is 1. The van der Waals surface area contributed by atoms with E-state index in [4.69, 9.17) is 4.42 Å². The van der Waals surface area contributed by atoms with Crippen LogP contribution in [0, 0.1) is 19.7 Å². The summed E-state index contributed by atoms with van der Waals surface area (Å²) in [6.07, 6.45) is 1.56. The number of hydrogen-bond donors (Lipinski definition) is 1. The van der Waals surface area contributed by atoms with E-state index in [-0.39, 0.29) is 17.7 Å². The predicted molar refractivity (Wildman–Crippen MR) is 95.8 cm³/mol. The summed E-state index contributed by atoms with van der Waals surface area (Å²) in [5.41, 5.74) is 3.70. The number of hydrogen-bond acceptors (Lipinski definition) is 4. The van der Waals surface area contributed by atoms with Gasteiger partial charge in [-0.25, -0.2) is 9.18 Å². The summed E-state index contributed by atoms with van der Waals surface area (Å²) in [5.74, 6) is -1.64. The van der Waals surface area contributed by atoms with Crippen molar-refractivity contribution in [2.75, 3.05) is 12.4 Å². The van der Waals surface area contributed by atoms with Crippen LogP contribution in [0.1, 0.15) is 27.0 Å². The Hall–Kier alpha value is -3.15. The molecular formula is C20H18FNO4. The van der Waals surface area contributed by atoms with Crippen LogP contribution in [-0.2, 0) is 16.0 Å². The zero-order chi connectivity index (χ0) is 18.8. The van der Waals surface area contributed by atoms with Crippen LogP contribution in [0.3, 0.4) is 0 Å². The minimum absolute atomic E-state index is 0.0252. The van der Waals surface area contributed by atoms with Crippen LogP contribution in [0.4, 0.5) is 10.1 Å². The first-order valence-corrected chi connectivity index (χ1v) is 8.04. The van der Waals surface area contributed by atoms with E-state index >= 15 is 0 Å². The van der Waals surface area contributed by atoms with Crippen LogP contribution in [0.15, 0.2) is 41.0 Å². The fourth-order valence-electron chi connectivity index (χ4n) is 2.71.